The molecular formula is C18H19ClN2O. The van der Waals surface area contributed by atoms with Gasteiger partial charge in [0.1, 0.15) is 5.52 Å². The Morgan fingerprint density at radius 2 is 1.91 bits per heavy atom. The van der Waals surface area contributed by atoms with Crippen LogP contribution >= 0.6 is 11.6 Å². The summed E-state index contributed by atoms with van der Waals surface area (Å²) < 4.78 is 5.83. The molecule has 0 spiro atoms. The summed E-state index contributed by atoms with van der Waals surface area (Å²) in [7, 11) is 0. The van der Waals surface area contributed by atoms with Gasteiger partial charge in [-0.3, -0.25) is 4.90 Å². The van der Waals surface area contributed by atoms with Gasteiger partial charge in [0.2, 0.25) is 5.89 Å². The van der Waals surface area contributed by atoms with Crippen molar-refractivity contribution in [2.75, 3.05) is 0 Å². The number of fused-ring (bicyclic) bond motifs is 1. The molecule has 0 bridgehead atoms. The summed E-state index contributed by atoms with van der Waals surface area (Å²) in [5.74, 6) is 0.747. The largest absolute Gasteiger partial charge is 0.439 e. The van der Waals surface area contributed by atoms with Gasteiger partial charge in [0.15, 0.2) is 5.58 Å². The Morgan fingerprint density at radius 1 is 1.09 bits per heavy atom. The Balaban J connectivity index is 1.79. The summed E-state index contributed by atoms with van der Waals surface area (Å²) >= 11 is 6.07. The topological polar surface area (TPSA) is 29.3 Å². The average molecular weight is 315 g/mol. The number of aromatic nitrogens is 1. The molecule has 2 aromatic carbocycles. The first kappa shape index (κ1) is 15.1. The minimum Gasteiger partial charge on any atom is -0.439 e. The summed E-state index contributed by atoms with van der Waals surface area (Å²) in [4.78, 5) is 6.88. The van der Waals surface area contributed by atoms with Gasteiger partial charge in [-0.05, 0) is 43.7 Å². The molecule has 0 aliphatic rings. The molecule has 0 N–H and O–H groups in total. The van der Waals surface area contributed by atoms with Crippen molar-refractivity contribution in [1.82, 2.24) is 9.88 Å². The van der Waals surface area contributed by atoms with Crippen LogP contribution in [0.4, 0.5) is 0 Å². The Hall–Kier alpha value is -1.84. The van der Waals surface area contributed by atoms with Gasteiger partial charge in [-0.2, -0.15) is 0 Å². The van der Waals surface area contributed by atoms with Gasteiger partial charge < -0.3 is 4.42 Å². The van der Waals surface area contributed by atoms with E-state index in [4.69, 9.17) is 16.0 Å². The zero-order valence-corrected chi connectivity index (χ0v) is 13.5. The SMILES string of the molecule is CC(C)N(Cc1cccc(Cl)c1)Cc1nc2ccccc2o1. The molecule has 0 unspecified atom stereocenters. The number of oxazole rings is 1. The van der Waals surface area contributed by atoms with Crippen LogP contribution in [-0.4, -0.2) is 15.9 Å². The number of rotatable bonds is 5. The summed E-state index contributed by atoms with van der Waals surface area (Å²) in [5.41, 5.74) is 2.94. The fourth-order valence-electron chi connectivity index (χ4n) is 2.45. The third kappa shape index (κ3) is 3.49. The van der Waals surface area contributed by atoms with E-state index in [1.54, 1.807) is 0 Å². The quantitative estimate of drug-likeness (QED) is 0.671. The third-order valence-corrected chi connectivity index (χ3v) is 3.92. The molecular weight excluding hydrogens is 296 g/mol. The zero-order valence-electron chi connectivity index (χ0n) is 12.8. The Morgan fingerprint density at radius 3 is 2.64 bits per heavy atom. The van der Waals surface area contributed by atoms with Crippen LogP contribution in [0.1, 0.15) is 25.3 Å². The molecule has 4 heteroatoms. The molecule has 0 aliphatic heterocycles. The van der Waals surface area contributed by atoms with E-state index < -0.39 is 0 Å². The Kier molecular flexibility index (Phi) is 4.46. The molecule has 0 radical (unpaired) electrons. The van der Waals surface area contributed by atoms with Crippen molar-refractivity contribution in [3.63, 3.8) is 0 Å². The molecule has 3 nitrogen and oxygen atoms in total. The lowest BCUT2D eigenvalue weighted by atomic mass is 10.2. The number of benzene rings is 2. The maximum absolute atomic E-state index is 6.07. The van der Waals surface area contributed by atoms with Crippen LogP contribution in [0.5, 0.6) is 0 Å². The zero-order chi connectivity index (χ0) is 15.5. The minimum atomic E-state index is 0.383. The van der Waals surface area contributed by atoms with E-state index in [1.807, 2.05) is 42.5 Å². The standard InChI is InChI=1S/C18H19ClN2O/c1-13(2)21(11-14-6-5-7-15(19)10-14)12-18-20-16-8-3-4-9-17(16)22-18/h3-10,13H,11-12H2,1-2H3. The average Bonchev–Trinajstić information content (AvgIpc) is 2.89. The van der Waals surface area contributed by atoms with Crippen molar-refractivity contribution in [2.24, 2.45) is 0 Å². The van der Waals surface area contributed by atoms with Crippen LogP contribution < -0.4 is 0 Å². The van der Waals surface area contributed by atoms with Crippen LogP contribution in [0.15, 0.2) is 52.9 Å². The molecule has 1 heterocycles. The fraction of sp³-hybridized carbons (Fsp3) is 0.278. The molecule has 0 fully saturated rings. The summed E-state index contributed by atoms with van der Waals surface area (Å²) in [6.45, 7) is 5.84. The fourth-order valence-corrected chi connectivity index (χ4v) is 2.67. The van der Waals surface area contributed by atoms with Crippen molar-refractivity contribution in [3.05, 3.63) is 65.0 Å². The molecule has 22 heavy (non-hydrogen) atoms. The highest BCUT2D eigenvalue weighted by Gasteiger charge is 2.15. The lowest BCUT2D eigenvalue weighted by Crippen LogP contribution is -2.29. The van der Waals surface area contributed by atoms with Gasteiger partial charge in [0.25, 0.3) is 0 Å². The maximum Gasteiger partial charge on any atom is 0.209 e. The van der Waals surface area contributed by atoms with E-state index in [-0.39, 0.29) is 0 Å². The van der Waals surface area contributed by atoms with E-state index in [9.17, 15) is 0 Å². The molecule has 0 saturated heterocycles. The molecule has 0 saturated carbocycles. The molecule has 114 valence electrons. The second kappa shape index (κ2) is 6.51. The maximum atomic E-state index is 6.07. The Bertz CT molecular complexity index is 733. The first-order valence-corrected chi connectivity index (χ1v) is 7.82. The van der Waals surface area contributed by atoms with Crippen molar-refractivity contribution >= 4 is 22.7 Å². The van der Waals surface area contributed by atoms with Gasteiger partial charge in [-0.15, -0.1) is 0 Å². The van der Waals surface area contributed by atoms with Crippen molar-refractivity contribution in [1.29, 1.82) is 0 Å². The summed E-state index contributed by atoms with van der Waals surface area (Å²) in [6.07, 6.45) is 0. The number of hydrogen-bond acceptors (Lipinski definition) is 3. The third-order valence-electron chi connectivity index (χ3n) is 3.68. The smallest absolute Gasteiger partial charge is 0.209 e. The number of para-hydroxylation sites is 2. The Labute approximate surface area is 135 Å². The highest BCUT2D eigenvalue weighted by atomic mass is 35.5. The summed E-state index contributed by atoms with van der Waals surface area (Å²) in [5, 5.41) is 0.767. The monoisotopic (exact) mass is 314 g/mol. The van der Waals surface area contributed by atoms with E-state index in [1.165, 1.54) is 5.56 Å². The van der Waals surface area contributed by atoms with Crippen LogP contribution in [0.25, 0.3) is 11.1 Å². The van der Waals surface area contributed by atoms with Crippen LogP contribution in [0, 0.1) is 0 Å². The lowest BCUT2D eigenvalue weighted by Gasteiger charge is -2.25. The number of halogens is 1. The number of nitrogens with zero attached hydrogens (tertiary/aromatic N) is 2. The normalized spacial score (nSPS) is 11.7. The van der Waals surface area contributed by atoms with Crippen molar-refractivity contribution in [2.45, 2.75) is 33.0 Å². The predicted octanol–water partition coefficient (Wildman–Crippen LogP) is 4.89. The number of hydrogen-bond donors (Lipinski definition) is 0. The van der Waals surface area contributed by atoms with Crippen molar-refractivity contribution in [3.8, 4) is 0 Å². The van der Waals surface area contributed by atoms with Gasteiger partial charge in [0, 0.05) is 17.6 Å². The molecule has 1 aromatic heterocycles. The van der Waals surface area contributed by atoms with E-state index in [2.05, 4.69) is 29.8 Å². The van der Waals surface area contributed by atoms with Crippen LogP contribution in [0.2, 0.25) is 5.02 Å². The van der Waals surface area contributed by atoms with Gasteiger partial charge in [0.05, 0.1) is 6.54 Å². The first-order valence-electron chi connectivity index (χ1n) is 7.45. The van der Waals surface area contributed by atoms with Gasteiger partial charge in [-0.1, -0.05) is 35.9 Å². The molecule has 3 aromatic rings. The molecule has 3 rings (SSSR count). The highest BCUT2D eigenvalue weighted by Crippen LogP contribution is 2.19. The molecule has 0 atom stereocenters. The second-order valence-corrected chi connectivity index (χ2v) is 6.14. The van der Waals surface area contributed by atoms with Gasteiger partial charge >= 0.3 is 0 Å². The predicted molar refractivity (Wildman–Crippen MR) is 89.8 cm³/mol. The highest BCUT2D eigenvalue weighted by molar-refractivity contribution is 6.30. The lowest BCUT2D eigenvalue weighted by molar-refractivity contribution is 0.185. The van der Waals surface area contributed by atoms with E-state index >= 15 is 0 Å². The van der Waals surface area contributed by atoms with Gasteiger partial charge in [-0.25, -0.2) is 4.98 Å². The summed E-state index contributed by atoms with van der Waals surface area (Å²) in [6, 6.07) is 16.2. The molecule has 0 aliphatic carbocycles. The van der Waals surface area contributed by atoms with E-state index in [0.29, 0.717) is 12.6 Å². The van der Waals surface area contributed by atoms with Crippen LogP contribution in [-0.2, 0) is 13.1 Å². The second-order valence-electron chi connectivity index (χ2n) is 5.70. The van der Waals surface area contributed by atoms with Crippen LogP contribution in [0.3, 0.4) is 0 Å². The minimum absolute atomic E-state index is 0.383. The van der Waals surface area contributed by atoms with E-state index in [0.717, 1.165) is 28.6 Å². The van der Waals surface area contributed by atoms with Crippen molar-refractivity contribution < 1.29 is 4.42 Å². The first-order chi connectivity index (χ1) is 10.6. The molecule has 0 amide bonds.